The van der Waals surface area contributed by atoms with Crippen LogP contribution in [-0.2, 0) is 16.1 Å². The summed E-state index contributed by atoms with van der Waals surface area (Å²) >= 11 is 0. The topological polar surface area (TPSA) is 66.5 Å². The minimum atomic E-state index is -0.367. The van der Waals surface area contributed by atoms with Crippen molar-refractivity contribution in [2.45, 2.75) is 25.4 Å². The minimum absolute atomic E-state index is 0.239. The number of amides is 2. The van der Waals surface area contributed by atoms with Crippen LogP contribution in [0.25, 0.3) is 0 Å². The number of hydrogen-bond acceptors (Lipinski definition) is 4. The van der Waals surface area contributed by atoms with E-state index in [4.69, 9.17) is 7.85 Å². The number of carbonyl (C=O) groups excluding carboxylic acids is 3. The lowest BCUT2D eigenvalue weighted by Crippen LogP contribution is -2.51. The summed E-state index contributed by atoms with van der Waals surface area (Å²) in [6.45, 7) is 0.422. The van der Waals surface area contributed by atoms with Gasteiger partial charge in [0.1, 0.15) is 14.1 Å². The fraction of sp³-hybridized carbons (Fsp3) is 0.357. The van der Waals surface area contributed by atoms with Crippen molar-refractivity contribution in [1.82, 2.24) is 10.2 Å². The minimum Gasteiger partial charge on any atom is -0.298 e. The molecule has 0 saturated carbocycles. The normalized spacial score (nSPS) is 19.0. The lowest BCUT2D eigenvalue weighted by Gasteiger charge is -2.30. The molecule has 102 valence electrons. The molecule has 0 bridgehead atoms. The molecular weight excluding hydrogens is 255 g/mol. The number of carbonyl (C=O) groups is 3. The number of aldehydes is 1. The summed E-state index contributed by atoms with van der Waals surface area (Å²) in [6, 6.07) is 4.69. The lowest BCUT2D eigenvalue weighted by molar-refractivity contribution is -0.137. The molecular formula is C14H15BN2O3. The quantitative estimate of drug-likeness (QED) is 0.456. The van der Waals surface area contributed by atoms with Crippen molar-refractivity contribution in [3.63, 3.8) is 0 Å². The summed E-state index contributed by atoms with van der Waals surface area (Å²) < 4.78 is 0. The number of hydrogen-bond donors (Lipinski definition) is 1. The fourth-order valence-electron chi connectivity index (χ4n) is 2.36. The Hall–Kier alpha value is -1.95. The van der Waals surface area contributed by atoms with Gasteiger partial charge in [-0.1, -0.05) is 23.7 Å². The zero-order chi connectivity index (χ0) is 14.7. The van der Waals surface area contributed by atoms with Crippen molar-refractivity contribution in [3.05, 3.63) is 29.3 Å². The van der Waals surface area contributed by atoms with Gasteiger partial charge in [0.2, 0.25) is 11.8 Å². The maximum absolute atomic E-state index is 11.8. The second-order valence-corrected chi connectivity index (χ2v) is 4.96. The molecule has 1 atom stereocenters. The molecule has 0 aliphatic carbocycles. The first kappa shape index (κ1) is 14.5. The predicted molar refractivity (Wildman–Crippen MR) is 74.9 cm³/mol. The smallest absolute Gasteiger partial charge is 0.243 e. The number of likely N-dealkylation sites (N-methyl/N-ethyl adjacent to an activating group) is 1. The molecule has 2 amide bonds. The molecule has 1 aromatic rings. The van der Waals surface area contributed by atoms with Gasteiger partial charge in [-0.2, -0.15) is 0 Å². The summed E-state index contributed by atoms with van der Waals surface area (Å²) in [7, 11) is 7.51. The Labute approximate surface area is 118 Å². The van der Waals surface area contributed by atoms with Crippen LogP contribution < -0.4 is 10.8 Å². The van der Waals surface area contributed by atoms with Crippen molar-refractivity contribution >= 4 is 31.4 Å². The van der Waals surface area contributed by atoms with Crippen molar-refractivity contribution in [2.24, 2.45) is 0 Å². The van der Waals surface area contributed by atoms with E-state index in [1.165, 1.54) is 0 Å². The molecule has 2 radical (unpaired) electrons. The fourth-order valence-corrected chi connectivity index (χ4v) is 2.36. The maximum Gasteiger partial charge on any atom is 0.243 e. The third-order valence-electron chi connectivity index (χ3n) is 3.46. The van der Waals surface area contributed by atoms with Crippen LogP contribution in [0.15, 0.2) is 18.2 Å². The van der Waals surface area contributed by atoms with Gasteiger partial charge in [-0.05, 0) is 19.0 Å². The Morgan fingerprint density at radius 3 is 2.85 bits per heavy atom. The summed E-state index contributed by atoms with van der Waals surface area (Å²) in [4.78, 5) is 35.8. The van der Waals surface area contributed by atoms with Crippen molar-refractivity contribution in [3.8, 4) is 0 Å². The van der Waals surface area contributed by atoms with Crippen LogP contribution in [0, 0.1) is 0 Å². The van der Waals surface area contributed by atoms with Gasteiger partial charge in [0.25, 0.3) is 0 Å². The Morgan fingerprint density at radius 2 is 2.20 bits per heavy atom. The van der Waals surface area contributed by atoms with Crippen molar-refractivity contribution in [1.29, 1.82) is 0 Å². The summed E-state index contributed by atoms with van der Waals surface area (Å²) in [5.41, 5.74) is 1.90. The highest BCUT2D eigenvalue weighted by molar-refractivity contribution is 6.32. The summed E-state index contributed by atoms with van der Waals surface area (Å²) in [5, 5.41) is 2.32. The largest absolute Gasteiger partial charge is 0.298 e. The molecule has 1 saturated heterocycles. The first-order valence-electron chi connectivity index (χ1n) is 6.39. The van der Waals surface area contributed by atoms with Crippen LogP contribution in [0.2, 0.25) is 0 Å². The molecule has 20 heavy (non-hydrogen) atoms. The van der Waals surface area contributed by atoms with Gasteiger partial charge < -0.3 is 0 Å². The average Bonchev–Trinajstić information content (AvgIpc) is 2.38. The van der Waals surface area contributed by atoms with E-state index < -0.39 is 0 Å². The van der Waals surface area contributed by atoms with Crippen LogP contribution >= 0.6 is 0 Å². The number of nitrogens with one attached hydrogen (secondary N) is 1. The van der Waals surface area contributed by atoms with Gasteiger partial charge in [0.15, 0.2) is 0 Å². The van der Waals surface area contributed by atoms with Gasteiger partial charge in [-0.25, -0.2) is 0 Å². The second kappa shape index (κ2) is 6.01. The molecule has 1 aromatic carbocycles. The Kier molecular flexibility index (Phi) is 4.34. The van der Waals surface area contributed by atoms with E-state index >= 15 is 0 Å². The molecule has 1 heterocycles. The summed E-state index contributed by atoms with van der Waals surface area (Å²) in [6.07, 6.45) is 1.59. The molecule has 1 fully saturated rings. The molecule has 1 unspecified atom stereocenters. The van der Waals surface area contributed by atoms with E-state index in [0.717, 1.165) is 11.8 Å². The molecule has 0 aromatic heterocycles. The molecule has 0 spiro atoms. The number of benzene rings is 1. The number of piperidine rings is 1. The van der Waals surface area contributed by atoms with Gasteiger partial charge in [-0.3, -0.25) is 24.6 Å². The molecule has 6 heteroatoms. The van der Waals surface area contributed by atoms with Crippen molar-refractivity contribution < 1.29 is 14.4 Å². The Bertz CT molecular complexity index is 559. The highest BCUT2D eigenvalue weighted by atomic mass is 16.2. The van der Waals surface area contributed by atoms with Gasteiger partial charge in [0, 0.05) is 18.5 Å². The highest BCUT2D eigenvalue weighted by Gasteiger charge is 2.29. The monoisotopic (exact) mass is 270 g/mol. The van der Waals surface area contributed by atoms with E-state index in [1.54, 1.807) is 25.2 Å². The average molecular weight is 270 g/mol. The van der Waals surface area contributed by atoms with Crippen LogP contribution in [0.1, 0.15) is 28.8 Å². The number of nitrogens with zero attached hydrogens (tertiary/aromatic N) is 1. The predicted octanol–water partition coefficient (Wildman–Crippen LogP) is -0.470. The lowest BCUT2D eigenvalue weighted by atomic mass is 9.92. The van der Waals surface area contributed by atoms with Crippen molar-refractivity contribution in [2.75, 3.05) is 7.05 Å². The second-order valence-electron chi connectivity index (χ2n) is 4.96. The molecule has 5 nitrogen and oxygen atoms in total. The molecule has 1 N–H and O–H groups in total. The van der Waals surface area contributed by atoms with Crippen LogP contribution in [-0.4, -0.2) is 43.9 Å². The number of imide groups is 1. The SMILES string of the molecule is [B]c1ccc(C=O)c(CN(C)C2CCC(=O)NC2=O)c1. The van der Waals surface area contributed by atoms with E-state index in [9.17, 15) is 14.4 Å². The van der Waals surface area contributed by atoms with Gasteiger partial charge >= 0.3 is 0 Å². The Balaban J connectivity index is 2.13. The van der Waals surface area contributed by atoms with Crippen LogP contribution in [0.4, 0.5) is 0 Å². The van der Waals surface area contributed by atoms with Crippen LogP contribution in [0.3, 0.4) is 0 Å². The maximum atomic E-state index is 11.8. The third-order valence-corrected chi connectivity index (χ3v) is 3.46. The summed E-state index contributed by atoms with van der Waals surface area (Å²) in [5.74, 6) is -0.530. The number of rotatable bonds is 4. The zero-order valence-electron chi connectivity index (χ0n) is 11.3. The van der Waals surface area contributed by atoms with E-state index in [0.29, 0.717) is 30.4 Å². The first-order chi connectivity index (χ1) is 9.51. The van der Waals surface area contributed by atoms with Crippen LogP contribution in [0.5, 0.6) is 0 Å². The molecule has 1 aliphatic heterocycles. The molecule has 1 aliphatic rings. The van der Waals surface area contributed by atoms with Gasteiger partial charge in [-0.15, -0.1) is 0 Å². The standard InChI is InChI=1S/C14H15BN2O3/c1-17(12-4-5-13(19)16-14(12)20)7-10-6-11(15)3-2-9(10)8-18/h2-3,6,8,12H,4-5,7H2,1H3,(H,16,19,20). The highest BCUT2D eigenvalue weighted by Crippen LogP contribution is 2.15. The zero-order valence-corrected chi connectivity index (χ0v) is 11.3. The van der Waals surface area contributed by atoms with E-state index in [2.05, 4.69) is 5.32 Å². The third kappa shape index (κ3) is 3.14. The molecule has 2 rings (SSSR count). The van der Waals surface area contributed by atoms with E-state index in [1.807, 2.05) is 4.90 Å². The van der Waals surface area contributed by atoms with Gasteiger partial charge in [0.05, 0.1) is 6.04 Å². The van der Waals surface area contributed by atoms with E-state index in [-0.39, 0.29) is 17.9 Å². The Morgan fingerprint density at radius 1 is 1.45 bits per heavy atom. The first-order valence-corrected chi connectivity index (χ1v) is 6.39.